The zero-order valence-electron chi connectivity index (χ0n) is 19.5. The van der Waals surface area contributed by atoms with E-state index in [9.17, 15) is 9.59 Å². The number of fused-ring (bicyclic) bond motifs is 1. The number of rotatable bonds is 8. The number of amides is 2. The lowest BCUT2D eigenvalue weighted by atomic mass is 10.1. The van der Waals surface area contributed by atoms with E-state index in [1.807, 2.05) is 48.5 Å². The maximum Gasteiger partial charge on any atom is 0.280 e. The van der Waals surface area contributed by atoms with Crippen LogP contribution in [0.1, 0.15) is 21.1 Å². The molecule has 2 aromatic heterocycles. The zero-order valence-corrected chi connectivity index (χ0v) is 20.3. The van der Waals surface area contributed by atoms with Gasteiger partial charge >= 0.3 is 0 Å². The Bertz CT molecular complexity index is 1360. The second-order valence-corrected chi connectivity index (χ2v) is 8.47. The number of carbonyl (C=O) groups excluding carboxylic acids is 2. The average molecular weight is 493 g/mol. The highest BCUT2D eigenvalue weighted by Gasteiger charge is 2.21. The number of hydrogen-bond acceptors (Lipinski definition) is 8. The molecule has 0 fully saturated rings. The summed E-state index contributed by atoms with van der Waals surface area (Å²) in [6, 6.07) is 17.2. The minimum Gasteiger partial charge on any atom is -0.483 e. The molecule has 2 N–H and O–H groups in total. The molecular weight excluding hydrogens is 468 g/mol. The lowest BCUT2D eigenvalue weighted by Crippen LogP contribution is -2.43. The van der Waals surface area contributed by atoms with E-state index in [1.165, 1.54) is 18.4 Å². The first kappa shape index (κ1) is 24.1. The number of methoxy groups -OCH3 is 2. The van der Waals surface area contributed by atoms with Crippen molar-refractivity contribution in [2.75, 3.05) is 20.8 Å². The number of hydrazine groups is 1. The third kappa shape index (κ3) is 5.39. The predicted octanol–water partition coefficient (Wildman–Crippen LogP) is 3.66. The molecule has 0 saturated heterocycles. The SMILES string of the molecule is COCc1nc(OC)c2c(C)c(C(=O)NNC(=O)COc3ccccc3-c3ccccc3)sc2n1. The number of nitrogens with zero attached hydrogens (tertiary/aromatic N) is 2. The number of ether oxygens (including phenoxy) is 3. The van der Waals surface area contributed by atoms with Gasteiger partial charge in [0.05, 0.1) is 17.4 Å². The first-order chi connectivity index (χ1) is 17.0. The van der Waals surface area contributed by atoms with Gasteiger partial charge < -0.3 is 14.2 Å². The molecule has 0 atom stereocenters. The van der Waals surface area contributed by atoms with Crippen LogP contribution in [-0.2, 0) is 16.1 Å². The summed E-state index contributed by atoms with van der Waals surface area (Å²) < 4.78 is 16.2. The van der Waals surface area contributed by atoms with E-state index in [4.69, 9.17) is 14.2 Å². The number of para-hydroxylation sites is 1. The highest BCUT2D eigenvalue weighted by Crippen LogP contribution is 2.35. The van der Waals surface area contributed by atoms with Crippen molar-refractivity contribution in [1.29, 1.82) is 0 Å². The van der Waals surface area contributed by atoms with E-state index in [0.29, 0.717) is 38.1 Å². The van der Waals surface area contributed by atoms with Crippen molar-refractivity contribution in [2.45, 2.75) is 13.5 Å². The van der Waals surface area contributed by atoms with Gasteiger partial charge in [-0.05, 0) is 24.1 Å². The molecule has 0 saturated carbocycles. The summed E-state index contributed by atoms with van der Waals surface area (Å²) >= 11 is 1.18. The molecule has 2 heterocycles. The normalized spacial score (nSPS) is 10.7. The first-order valence-electron chi connectivity index (χ1n) is 10.7. The molecule has 0 aliphatic heterocycles. The number of benzene rings is 2. The van der Waals surface area contributed by atoms with Crippen LogP contribution in [0.3, 0.4) is 0 Å². The van der Waals surface area contributed by atoms with Crippen LogP contribution in [0, 0.1) is 6.92 Å². The molecule has 2 amide bonds. The fourth-order valence-corrected chi connectivity index (χ4v) is 4.60. The van der Waals surface area contributed by atoms with Crippen LogP contribution < -0.4 is 20.3 Å². The molecule has 0 radical (unpaired) electrons. The van der Waals surface area contributed by atoms with E-state index in [0.717, 1.165) is 11.1 Å². The smallest absolute Gasteiger partial charge is 0.280 e. The Labute approximate surface area is 206 Å². The molecule has 2 aromatic carbocycles. The molecule has 9 nitrogen and oxygen atoms in total. The van der Waals surface area contributed by atoms with Crippen LogP contribution in [0.2, 0.25) is 0 Å². The van der Waals surface area contributed by atoms with Crippen molar-refractivity contribution >= 4 is 33.4 Å². The largest absolute Gasteiger partial charge is 0.483 e. The van der Waals surface area contributed by atoms with E-state index >= 15 is 0 Å². The molecular formula is C25H24N4O5S. The molecule has 10 heteroatoms. The van der Waals surface area contributed by atoms with Gasteiger partial charge in [0.15, 0.2) is 12.4 Å². The third-order valence-electron chi connectivity index (χ3n) is 5.12. The maximum absolute atomic E-state index is 12.8. The lowest BCUT2D eigenvalue weighted by molar-refractivity contribution is -0.123. The molecule has 0 aliphatic rings. The molecule has 4 aromatic rings. The maximum atomic E-state index is 12.8. The Morgan fingerprint density at radius 3 is 2.46 bits per heavy atom. The standard InChI is InChI=1S/C25H24N4O5S/c1-15-21-24(33-3)26-19(13-32-2)27-25(21)35-22(15)23(31)29-28-20(30)14-34-18-12-8-7-11-17(18)16-9-5-4-6-10-16/h4-12H,13-14H2,1-3H3,(H,28,30)(H,29,31). The van der Waals surface area contributed by atoms with Crippen molar-refractivity contribution in [1.82, 2.24) is 20.8 Å². The van der Waals surface area contributed by atoms with Crippen molar-refractivity contribution in [3.05, 3.63) is 70.9 Å². The predicted molar refractivity (Wildman–Crippen MR) is 132 cm³/mol. The van der Waals surface area contributed by atoms with Gasteiger partial charge in [-0.1, -0.05) is 48.5 Å². The van der Waals surface area contributed by atoms with E-state index in [-0.39, 0.29) is 13.2 Å². The number of aromatic nitrogens is 2. The Morgan fingerprint density at radius 2 is 1.71 bits per heavy atom. The van der Waals surface area contributed by atoms with Crippen LogP contribution >= 0.6 is 11.3 Å². The number of nitrogens with one attached hydrogen (secondary N) is 2. The highest BCUT2D eigenvalue weighted by atomic mass is 32.1. The quantitative estimate of drug-likeness (QED) is 0.361. The van der Waals surface area contributed by atoms with Crippen LogP contribution in [0.4, 0.5) is 0 Å². The first-order valence-corrected chi connectivity index (χ1v) is 11.5. The fourth-order valence-electron chi connectivity index (χ4n) is 3.51. The van der Waals surface area contributed by atoms with Gasteiger partial charge in [-0.3, -0.25) is 20.4 Å². The van der Waals surface area contributed by atoms with Gasteiger partial charge in [0.2, 0.25) is 5.88 Å². The topological polar surface area (TPSA) is 112 Å². The van der Waals surface area contributed by atoms with Crippen LogP contribution in [0.5, 0.6) is 11.6 Å². The van der Waals surface area contributed by atoms with E-state index < -0.39 is 11.8 Å². The summed E-state index contributed by atoms with van der Waals surface area (Å²) in [5.74, 6) is 0.410. The van der Waals surface area contributed by atoms with E-state index in [2.05, 4.69) is 20.8 Å². The number of hydrogen-bond donors (Lipinski definition) is 2. The van der Waals surface area contributed by atoms with Gasteiger partial charge in [0, 0.05) is 12.7 Å². The molecule has 0 bridgehead atoms. The summed E-state index contributed by atoms with van der Waals surface area (Å²) in [5, 5.41) is 0.648. The van der Waals surface area contributed by atoms with Gasteiger partial charge in [-0.25, -0.2) is 4.98 Å². The highest BCUT2D eigenvalue weighted by molar-refractivity contribution is 7.20. The number of aryl methyl sites for hydroxylation is 1. The van der Waals surface area contributed by atoms with Crippen molar-refractivity contribution in [3.63, 3.8) is 0 Å². The second kappa shape index (κ2) is 10.9. The Balaban J connectivity index is 1.41. The van der Waals surface area contributed by atoms with E-state index in [1.54, 1.807) is 20.1 Å². The second-order valence-electron chi connectivity index (χ2n) is 7.47. The number of carbonyl (C=O) groups is 2. The summed E-state index contributed by atoms with van der Waals surface area (Å²) in [4.78, 5) is 34.9. The van der Waals surface area contributed by atoms with Gasteiger partial charge in [0.25, 0.3) is 11.8 Å². The molecule has 0 unspecified atom stereocenters. The minimum atomic E-state index is -0.500. The Morgan fingerprint density at radius 1 is 0.971 bits per heavy atom. The van der Waals surface area contributed by atoms with Gasteiger partial charge in [-0.15, -0.1) is 11.3 Å². The minimum absolute atomic E-state index is 0.217. The lowest BCUT2D eigenvalue weighted by Gasteiger charge is -2.12. The fraction of sp³-hybridized carbons (Fsp3) is 0.200. The van der Waals surface area contributed by atoms with Crippen molar-refractivity contribution in [3.8, 4) is 22.8 Å². The summed E-state index contributed by atoms with van der Waals surface area (Å²) in [6.45, 7) is 1.73. The van der Waals surface area contributed by atoms with Crippen LogP contribution in [0.15, 0.2) is 54.6 Å². The Kier molecular flexibility index (Phi) is 7.54. The summed E-state index contributed by atoms with van der Waals surface area (Å²) in [7, 11) is 3.05. The molecule has 35 heavy (non-hydrogen) atoms. The summed E-state index contributed by atoms with van der Waals surface area (Å²) in [6.07, 6.45) is 0. The van der Waals surface area contributed by atoms with Crippen molar-refractivity contribution in [2.24, 2.45) is 0 Å². The van der Waals surface area contributed by atoms with Gasteiger partial charge in [0.1, 0.15) is 17.2 Å². The number of thiophene rings is 1. The summed E-state index contributed by atoms with van der Waals surface area (Å²) in [5.41, 5.74) is 7.34. The van der Waals surface area contributed by atoms with Crippen LogP contribution in [-0.4, -0.2) is 42.6 Å². The van der Waals surface area contributed by atoms with Gasteiger partial charge in [-0.2, -0.15) is 4.98 Å². The van der Waals surface area contributed by atoms with Crippen molar-refractivity contribution < 1.29 is 23.8 Å². The molecule has 180 valence electrons. The Hall–Kier alpha value is -4.02. The molecule has 0 spiro atoms. The molecule has 4 rings (SSSR count). The monoisotopic (exact) mass is 492 g/mol. The zero-order chi connectivity index (χ0) is 24.8. The third-order valence-corrected chi connectivity index (χ3v) is 6.31. The average Bonchev–Trinajstić information content (AvgIpc) is 3.22. The molecule has 0 aliphatic carbocycles. The van der Waals surface area contributed by atoms with Crippen LogP contribution in [0.25, 0.3) is 21.3 Å².